The number of hydrogen-bond acceptors (Lipinski definition) is 2. The van der Waals surface area contributed by atoms with Crippen molar-refractivity contribution in [2.24, 2.45) is 5.73 Å². The van der Waals surface area contributed by atoms with Gasteiger partial charge in [0.2, 0.25) is 0 Å². The summed E-state index contributed by atoms with van der Waals surface area (Å²) in [6.07, 6.45) is -3.43. The Kier molecular flexibility index (Phi) is 4.24. The van der Waals surface area contributed by atoms with Gasteiger partial charge in [-0.1, -0.05) is 54.6 Å². The monoisotopic (exact) mass is 263 g/mol. The summed E-state index contributed by atoms with van der Waals surface area (Å²) in [5.41, 5.74) is 7.23. The van der Waals surface area contributed by atoms with Gasteiger partial charge in [0.25, 0.3) is 6.43 Å². The van der Waals surface area contributed by atoms with Gasteiger partial charge in [-0.15, -0.1) is 0 Å². The molecular formula is C15H15F2NO. The molecule has 2 aromatic carbocycles. The number of alkyl halides is 2. The SMILES string of the molecule is NC(c1ccccc1)C(O)c1ccc(C(F)F)cc1. The zero-order valence-electron chi connectivity index (χ0n) is 10.2. The van der Waals surface area contributed by atoms with Gasteiger partial charge >= 0.3 is 0 Å². The van der Waals surface area contributed by atoms with E-state index in [4.69, 9.17) is 5.73 Å². The smallest absolute Gasteiger partial charge is 0.263 e. The van der Waals surface area contributed by atoms with E-state index in [1.807, 2.05) is 30.3 Å². The first-order chi connectivity index (χ1) is 9.09. The molecule has 0 aromatic heterocycles. The summed E-state index contributed by atoms with van der Waals surface area (Å²) < 4.78 is 24.9. The normalized spacial score (nSPS) is 14.4. The lowest BCUT2D eigenvalue weighted by molar-refractivity contribution is 0.144. The summed E-state index contributed by atoms with van der Waals surface area (Å²) in [6.45, 7) is 0. The highest BCUT2D eigenvalue weighted by Gasteiger charge is 2.19. The third kappa shape index (κ3) is 3.16. The Morgan fingerprint density at radius 3 is 1.84 bits per heavy atom. The molecule has 2 atom stereocenters. The zero-order chi connectivity index (χ0) is 13.8. The Hall–Kier alpha value is -1.78. The van der Waals surface area contributed by atoms with Gasteiger partial charge in [0, 0.05) is 5.56 Å². The summed E-state index contributed by atoms with van der Waals surface area (Å²) >= 11 is 0. The van der Waals surface area contributed by atoms with Gasteiger partial charge in [-0.3, -0.25) is 0 Å². The minimum Gasteiger partial charge on any atom is -0.386 e. The Balaban J connectivity index is 2.17. The van der Waals surface area contributed by atoms with Crippen LogP contribution in [0.1, 0.15) is 35.3 Å². The molecule has 0 spiro atoms. The van der Waals surface area contributed by atoms with Gasteiger partial charge in [0.05, 0.1) is 12.1 Å². The molecule has 0 aliphatic carbocycles. The first kappa shape index (κ1) is 13.6. The number of hydrogen-bond donors (Lipinski definition) is 2. The van der Waals surface area contributed by atoms with E-state index in [2.05, 4.69) is 0 Å². The van der Waals surface area contributed by atoms with Crippen LogP contribution in [0.25, 0.3) is 0 Å². The van der Waals surface area contributed by atoms with Gasteiger partial charge in [0.15, 0.2) is 0 Å². The summed E-state index contributed by atoms with van der Waals surface area (Å²) in [7, 11) is 0. The Morgan fingerprint density at radius 2 is 1.32 bits per heavy atom. The van der Waals surface area contributed by atoms with Crippen molar-refractivity contribution in [1.29, 1.82) is 0 Å². The van der Waals surface area contributed by atoms with E-state index in [-0.39, 0.29) is 5.56 Å². The summed E-state index contributed by atoms with van der Waals surface area (Å²) in [6, 6.07) is 14.2. The highest BCUT2D eigenvalue weighted by atomic mass is 19.3. The first-order valence-electron chi connectivity index (χ1n) is 5.96. The lowest BCUT2D eigenvalue weighted by Gasteiger charge is -2.19. The predicted molar refractivity (Wildman–Crippen MR) is 69.7 cm³/mol. The van der Waals surface area contributed by atoms with Crippen LogP contribution < -0.4 is 5.73 Å². The van der Waals surface area contributed by atoms with Crippen LogP contribution in [0.4, 0.5) is 8.78 Å². The maximum absolute atomic E-state index is 12.4. The third-order valence-corrected chi connectivity index (χ3v) is 3.05. The first-order valence-corrected chi connectivity index (χ1v) is 5.96. The summed E-state index contributed by atoms with van der Waals surface area (Å²) in [4.78, 5) is 0. The van der Waals surface area contributed by atoms with Gasteiger partial charge < -0.3 is 10.8 Å². The van der Waals surface area contributed by atoms with E-state index < -0.39 is 18.6 Å². The molecule has 2 aromatic rings. The van der Waals surface area contributed by atoms with Crippen LogP contribution in [0.2, 0.25) is 0 Å². The van der Waals surface area contributed by atoms with Crippen LogP contribution >= 0.6 is 0 Å². The molecule has 100 valence electrons. The van der Waals surface area contributed by atoms with Crippen molar-refractivity contribution in [2.75, 3.05) is 0 Å². The molecule has 19 heavy (non-hydrogen) atoms. The lowest BCUT2D eigenvalue weighted by Crippen LogP contribution is -2.19. The average molecular weight is 263 g/mol. The number of aliphatic hydroxyl groups excluding tert-OH is 1. The van der Waals surface area contributed by atoms with Crippen molar-refractivity contribution in [1.82, 2.24) is 0 Å². The van der Waals surface area contributed by atoms with Gasteiger partial charge in [0.1, 0.15) is 0 Å². The quantitative estimate of drug-likeness (QED) is 0.888. The fourth-order valence-electron chi connectivity index (χ4n) is 1.90. The maximum Gasteiger partial charge on any atom is 0.263 e. The van der Waals surface area contributed by atoms with E-state index in [9.17, 15) is 13.9 Å². The van der Waals surface area contributed by atoms with Crippen molar-refractivity contribution in [3.8, 4) is 0 Å². The molecule has 2 unspecified atom stereocenters. The maximum atomic E-state index is 12.4. The lowest BCUT2D eigenvalue weighted by atomic mass is 9.96. The average Bonchev–Trinajstić information content (AvgIpc) is 2.46. The fourth-order valence-corrected chi connectivity index (χ4v) is 1.90. The van der Waals surface area contributed by atoms with Crippen molar-refractivity contribution in [3.05, 3.63) is 71.3 Å². The molecule has 2 nitrogen and oxygen atoms in total. The summed E-state index contributed by atoms with van der Waals surface area (Å²) in [5, 5.41) is 10.2. The van der Waals surface area contributed by atoms with E-state index in [1.54, 1.807) is 0 Å². The van der Waals surface area contributed by atoms with E-state index >= 15 is 0 Å². The van der Waals surface area contributed by atoms with Crippen LogP contribution in [0, 0.1) is 0 Å². The van der Waals surface area contributed by atoms with Gasteiger partial charge in [-0.25, -0.2) is 8.78 Å². The minimum absolute atomic E-state index is 0.0655. The van der Waals surface area contributed by atoms with E-state index in [1.165, 1.54) is 24.3 Å². The number of nitrogens with two attached hydrogens (primary N) is 1. The van der Waals surface area contributed by atoms with Crippen LogP contribution in [-0.4, -0.2) is 5.11 Å². The van der Waals surface area contributed by atoms with Crippen LogP contribution in [0.3, 0.4) is 0 Å². The Labute approximate surface area is 110 Å². The molecule has 3 N–H and O–H groups in total. The fraction of sp³-hybridized carbons (Fsp3) is 0.200. The number of halogens is 2. The van der Waals surface area contributed by atoms with Crippen LogP contribution in [0.15, 0.2) is 54.6 Å². The molecule has 0 bridgehead atoms. The molecule has 2 rings (SSSR count). The largest absolute Gasteiger partial charge is 0.386 e. The topological polar surface area (TPSA) is 46.2 Å². The van der Waals surface area contributed by atoms with Crippen molar-refractivity contribution >= 4 is 0 Å². The molecule has 0 saturated carbocycles. The molecule has 0 heterocycles. The predicted octanol–water partition coefficient (Wildman–Crippen LogP) is 3.36. The van der Waals surface area contributed by atoms with Crippen LogP contribution in [0.5, 0.6) is 0 Å². The number of aliphatic hydroxyl groups is 1. The molecule has 0 radical (unpaired) electrons. The highest BCUT2D eigenvalue weighted by molar-refractivity contribution is 5.28. The van der Waals surface area contributed by atoms with Crippen LogP contribution in [-0.2, 0) is 0 Å². The molecule has 0 fully saturated rings. The van der Waals surface area contributed by atoms with Crippen molar-refractivity contribution < 1.29 is 13.9 Å². The third-order valence-electron chi connectivity index (χ3n) is 3.05. The molecule has 0 saturated heterocycles. The molecule has 0 amide bonds. The van der Waals surface area contributed by atoms with E-state index in [0.717, 1.165) is 5.56 Å². The van der Waals surface area contributed by atoms with E-state index in [0.29, 0.717) is 5.56 Å². The highest BCUT2D eigenvalue weighted by Crippen LogP contribution is 2.28. The second kappa shape index (κ2) is 5.91. The van der Waals surface area contributed by atoms with Gasteiger partial charge in [-0.2, -0.15) is 0 Å². The van der Waals surface area contributed by atoms with Crippen molar-refractivity contribution in [3.63, 3.8) is 0 Å². The second-order valence-electron chi connectivity index (χ2n) is 4.35. The summed E-state index contributed by atoms with van der Waals surface area (Å²) in [5.74, 6) is 0. The standard InChI is InChI=1S/C15H15F2NO/c16-15(17)12-8-6-11(7-9-12)14(19)13(18)10-4-2-1-3-5-10/h1-9,13-15,19H,18H2. The number of benzene rings is 2. The van der Waals surface area contributed by atoms with Crippen molar-refractivity contribution in [2.45, 2.75) is 18.6 Å². The number of rotatable bonds is 4. The Morgan fingerprint density at radius 1 is 0.789 bits per heavy atom. The molecule has 0 aliphatic heterocycles. The zero-order valence-corrected chi connectivity index (χ0v) is 10.2. The molecule has 4 heteroatoms. The minimum atomic E-state index is -2.51. The molecule has 0 aliphatic rings. The molecular weight excluding hydrogens is 248 g/mol. The second-order valence-corrected chi connectivity index (χ2v) is 4.35. The Bertz CT molecular complexity index is 513. The van der Waals surface area contributed by atoms with Gasteiger partial charge in [-0.05, 0) is 11.1 Å².